The highest BCUT2D eigenvalue weighted by Crippen LogP contribution is 2.43. The number of allylic oxidation sites excluding steroid dienone is 1. The maximum absolute atomic E-state index is 3.67. The van der Waals surface area contributed by atoms with Crippen molar-refractivity contribution in [2.24, 2.45) is 0 Å². The van der Waals surface area contributed by atoms with Crippen molar-refractivity contribution in [1.82, 2.24) is 0 Å². The topological polar surface area (TPSA) is 0 Å². The number of hydrogen-bond acceptors (Lipinski definition) is 0. The van der Waals surface area contributed by atoms with Gasteiger partial charge in [-0.3, -0.25) is 0 Å². The van der Waals surface area contributed by atoms with Crippen LogP contribution in [0.3, 0.4) is 0 Å². The summed E-state index contributed by atoms with van der Waals surface area (Å²) in [5.74, 6) is 0. The fourth-order valence-corrected chi connectivity index (χ4v) is 12.3. The summed E-state index contributed by atoms with van der Waals surface area (Å²) < 4.78 is 0. The fraction of sp³-hybridized carbons (Fsp3) is 0.786. The first-order valence-electron chi connectivity index (χ1n) is 6.40. The lowest BCUT2D eigenvalue weighted by molar-refractivity contribution is 0.727. The highest BCUT2D eigenvalue weighted by molar-refractivity contribution is 7.06. The van der Waals surface area contributed by atoms with Crippen molar-refractivity contribution in [2.75, 3.05) is 0 Å². The van der Waals surface area contributed by atoms with E-state index in [9.17, 15) is 0 Å². The van der Waals surface area contributed by atoms with Crippen molar-refractivity contribution in [3.63, 3.8) is 0 Å². The summed E-state index contributed by atoms with van der Waals surface area (Å²) in [6, 6.07) is 0. The molecule has 0 spiro atoms. The van der Waals surface area contributed by atoms with E-state index in [2.05, 4.69) is 72.2 Å². The van der Waals surface area contributed by atoms with Crippen LogP contribution in [0.15, 0.2) is 16.6 Å². The Morgan fingerprint density at radius 3 is 1.75 bits per heavy atom. The van der Waals surface area contributed by atoms with Crippen LogP contribution in [0.4, 0.5) is 0 Å². The Balaban J connectivity index is 5.66. The minimum absolute atomic E-state index is 0.428. The van der Waals surface area contributed by atoms with Gasteiger partial charge in [-0.2, -0.15) is 0 Å². The first-order chi connectivity index (χ1) is 6.94. The van der Waals surface area contributed by atoms with E-state index < -0.39 is 16.1 Å². The van der Waals surface area contributed by atoms with Crippen molar-refractivity contribution < 1.29 is 0 Å². The van der Waals surface area contributed by atoms with Crippen LogP contribution in [-0.2, 0) is 0 Å². The molecule has 0 bridgehead atoms. The molecule has 0 saturated heterocycles. The quantitative estimate of drug-likeness (QED) is 0.467. The van der Waals surface area contributed by atoms with E-state index in [4.69, 9.17) is 0 Å². The van der Waals surface area contributed by atoms with Crippen molar-refractivity contribution in [3.05, 3.63) is 16.6 Å². The molecule has 0 aromatic rings. The van der Waals surface area contributed by atoms with Gasteiger partial charge < -0.3 is 0 Å². The predicted molar refractivity (Wildman–Crippen MR) is 82.4 cm³/mol. The molecule has 0 atom stereocenters. The summed E-state index contributed by atoms with van der Waals surface area (Å²) in [6.07, 6.45) is 3.33. The summed E-state index contributed by atoms with van der Waals surface area (Å²) in [5, 5.41) is 0.428. The van der Waals surface area contributed by atoms with Crippen molar-refractivity contribution in [3.8, 4) is 0 Å². The Morgan fingerprint density at radius 2 is 1.50 bits per heavy atom. The lowest BCUT2D eigenvalue weighted by atomic mass is 10.2. The van der Waals surface area contributed by atoms with Crippen LogP contribution < -0.4 is 0 Å². The standard InChI is InChI=1S/C14H30Si2/c1-10-11-12-13(15(5,6)7)16(8,9)14(2,3)4/h11H,10H2,1-9H3. The van der Waals surface area contributed by atoms with E-state index in [-0.39, 0.29) is 0 Å². The van der Waals surface area contributed by atoms with Gasteiger partial charge in [0, 0.05) is 0 Å². The predicted octanol–water partition coefficient (Wildman–Crippen LogP) is 5.40. The molecular weight excluding hydrogens is 224 g/mol. The summed E-state index contributed by atoms with van der Waals surface area (Å²) in [7, 11) is -2.60. The van der Waals surface area contributed by atoms with E-state index in [1.807, 2.05) is 0 Å². The van der Waals surface area contributed by atoms with Gasteiger partial charge in [0.25, 0.3) is 0 Å². The first-order valence-corrected chi connectivity index (χ1v) is 12.9. The molecule has 2 heteroatoms. The van der Waals surface area contributed by atoms with Gasteiger partial charge in [-0.25, -0.2) is 0 Å². The minimum atomic E-state index is -1.37. The molecule has 0 aromatic heterocycles. The molecule has 0 saturated carbocycles. The second-order valence-electron chi connectivity index (χ2n) is 7.26. The Morgan fingerprint density at radius 1 is 1.06 bits per heavy atom. The van der Waals surface area contributed by atoms with Crippen LogP contribution in [0, 0.1) is 0 Å². The maximum atomic E-state index is 3.67. The number of hydrogen-bond donors (Lipinski definition) is 0. The smallest absolute Gasteiger partial charge is 0.0856 e. The average Bonchev–Trinajstić information content (AvgIpc) is 1.99. The van der Waals surface area contributed by atoms with Gasteiger partial charge in [0.05, 0.1) is 16.1 Å². The molecule has 0 amide bonds. The molecule has 16 heavy (non-hydrogen) atoms. The average molecular weight is 255 g/mol. The second-order valence-corrected chi connectivity index (χ2v) is 18.0. The van der Waals surface area contributed by atoms with Crippen LogP contribution in [0.2, 0.25) is 37.8 Å². The molecule has 0 unspecified atom stereocenters. The third kappa shape index (κ3) is 3.76. The lowest BCUT2D eigenvalue weighted by Gasteiger charge is -2.42. The minimum Gasteiger partial charge on any atom is -0.135 e. The normalized spacial score (nSPS) is 13.3. The van der Waals surface area contributed by atoms with E-state index >= 15 is 0 Å². The molecule has 0 fully saturated rings. The van der Waals surface area contributed by atoms with Crippen molar-refractivity contribution in [2.45, 2.75) is 71.9 Å². The van der Waals surface area contributed by atoms with Gasteiger partial charge in [0.1, 0.15) is 0 Å². The maximum Gasteiger partial charge on any atom is 0.0856 e. The molecular formula is C14H30Si2. The molecule has 0 aliphatic carbocycles. The highest BCUT2D eigenvalue weighted by atomic mass is 28.4. The second kappa shape index (κ2) is 5.07. The Kier molecular flexibility index (Phi) is 5.06. The molecule has 0 radical (unpaired) electrons. The Hall–Kier alpha value is -0.0462. The third-order valence-corrected chi connectivity index (χ3v) is 14.6. The summed E-state index contributed by atoms with van der Waals surface area (Å²) in [6.45, 7) is 21.8. The highest BCUT2D eigenvalue weighted by Gasteiger charge is 2.43. The zero-order valence-electron chi connectivity index (χ0n) is 12.8. The Bertz CT molecular complexity index is 292. The lowest BCUT2D eigenvalue weighted by Crippen LogP contribution is -2.48. The molecule has 94 valence electrons. The monoisotopic (exact) mass is 254 g/mol. The van der Waals surface area contributed by atoms with Crippen LogP contribution >= 0.6 is 0 Å². The third-order valence-electron chi connectivity index (χ3n) is 3.70. The zero-order chi connectivity index (χ0) is 13.2. The summed E-state index contributed by atoms with van der Waals surface area (Å²) in [4.78, 5) is 1.70. The van der Waals surface area contributed by atoms with Crippen LogP contribution in [-0.4, -0.2) is 16.1 Å². The van der Waals surface area contributed by atoms with Crippen LogP contribution in [0.5, 0.6) is 0 Å². The molecule has 0 aliphatic rings. The van der Waals surface area contributed by atoms with E-state index in [1.165, 1.54) is 0 Å². The van der Waals surface area contributed by atoms with Gasteiger partial charge in [0.15, 0.2) is 0 Å². The van der Waals surface area contributed by atoms with Crippen molar-refractivity contribution in [1.29, 1.82) is 0 Å². The summed E-state index contributed by atoms with van der Waals surface area (Å²) >= 11 is 0. The van der Waals surface area contributed by atoms with Crippen molar-refractivity contribution >= 4 is 16.1 Å². The van der Waals surface area contributed by atoms with Gasteiger partial charge in [-0.05, 0) is 17.5 Å². The molecule has 0 heterocycles. The first kappa shape index (κ1) is 16.0. The number of rotatable bonds is 3. The van der Waals surface area contributed by atoms with E-state index in [0.717, 1.165) is 6.42 Å². The van der Waals surface area contributed by atoms with Gasteiger partial charge in [-0.15, -0.1) is 5.73 Å². The van der Waals surface area contributed by atoms with Gasteiger partial charge in [0.2, 0.25) is 0 Å². The fourth-order valence-electron chi connectivity index (χ4n) is 1.91. The molecule has 0 N–H and O–H groups in total. The zero-order valence-corrected chi connectivity index (χ0v) is 14.8. The van der Waals surface area contributed by atoms with E-state index in [1.54, 1.807) is 4.82 Å². The SMILES string of the molecule is CCC=C=C([Si](C)(C)C)[Si](C)(C)C(C)(C)C. The molecule has 0 aromatic carbocycles. The van der Waals surface area contributed by atoms with E-state index in [0.29, 0.717) is 5.04 Å². The van der Waals surface area contributed by atoms with Crippen LogP contribution in [0.25, 0.3) is 0 Å². The molecule has 0 rings (SSSR count). The van der Waals surface area contributed by atoms with Crippen LogP contribution in [0.1, 0.15) is 34.1 Å². The largest absolute Gasteiger partial charge is 0.135 e. The molecule has 0 aliphatic heterocycles. The molecule has 0 nitrogen and oxygen atoms in total. The Labute approximate surface area is 105 Å². The summed E-state index contributed by atoms with van der Waals surface area (Å²) in [5.41, 5.74) is 3.67. The van der Waals surface area contributed by atoms with Gasteiger partial charge >= 0.3 is 0 Å². The van der Waals surface area contributed by atoms with Gasteiger partial charge in [-0.1, -0.05) is 65.2 Å².